The fraction of sp³-hybridized carbons (Fsp3) is 0.500. The molecule has 1 saturated carbocycles. The van der Waals surface area contributed by atoms with Gasteiger partial charge in [-0.2, -0.15) is 5.10 Å². The van der Waals surface area contributed by atoms with Crippen molar-refractivity contribution in [3.8, 4) is 10.6 Å². The summed E-state index contributed by atoms with van der Waals surface area (Å²) in [7, 11) is 1.83. The largest absolute Gasteiger partial charge is 0.481 e. The zero-order chi connectivity index (χ0) is 16.8. The average Bonchev–Trinajstić information content (AvgIpc) is 2.99. The number of thiazole rings is 1. The Bertz CT molecular complexity index is 795. The fourth-order valence-electron chi connectivity index (χ4n) is 3.46. The van der Waals surface area contributed by atoms with Crippen molar-refractivity contribution in [1.82, 2.24) is 19.7 Å². The first-order valence-electron chi connectivity index (χ1n) is 7.99. The predicted octanol–water partition coefficient (Wildman–Crippen LogP) is 1.73. The molecule has 2 aliphatic rings. The summed E-state index contributed by atoms with van der Waals surface area (Å²) in [6, 6.07) is 0. The van der Waals surface area contributed by atoms with Gasteiger partial charge in [0.15, 0.2) is 0 Å². The van der Waals surface area contributed by atoms with E-state index in [1.807, 2.05) is 13.2 Å². The summed E-state index contributed by atoms with van der Waals surface area (Å²) in [5.41, 5.74) is 1.27. The molecule has 2 atom stereocenters. The Kier molecular flexibility index (Phi) is 3.64. The lowest BCUT2D eigenvalue weighted by atomic mass is 9.92. The van der Waals surface area contributed by atoms with E-state index in [0.29, 0.717) is 18.2 Å². The van der Waals surface area contributed by atoms with Crippen LogP contribution in [0.25, 0.3) is 10.6 Å². The number of nitrogens with zero attached hydrogens (tertiary/aromatic N) is 4. The highest BCUT2D eigenvalue weighted by Crippen LogP contribution is 2.44. The van der Waals surface area contributed by atoms with Gasteiger partial charge in [-0.3, -0.25) is 14.3 Å². The van der Waals surface area contributed by atoms with E-state index in [1.54, 1.807) is 21.2 Å². The number of carbonyl (C=O) groups excluding carboxylic acids is 1. The van der Waals surface area contributed by atoms with Crippen LogP contribution < -0.4 is 0 Å². The standard InChI is InChI=1S/C16H18N4O3S/c1-19-5-10(4-17-19)14-18-13(8-24-14)15(21)20-6-11(9-2-3-9)12(7-20)16(22)23/h4-5,8-9,11-12H,2-3,6-7H2,1H3,(H,22,23)/t11-,12+/m1/s1. The van der Waals surface area contributed by atoms with Crippen LogP contribution in [-0.4, -0.2) is 49.7 Å². The Balaban J connectivity index is 1.52. The summed E-state index contributed by atoms with van der Waals surface area (Å²) in [6.07, 6.45) is 5.73. The van der Waals surface area contributed by atoms with Crippen molar-refractivity contribution in [1.29, 1.82) is 0 Å². The molecule has 0 radical (unpaired) electrons. The maximum absolute atomic E-state index is 12.7. The van der Waals surface area contributed by atoms with E-state index < -0.39 is 11.9 Å². The van der Waals surface area contributed by atoms with Gasteiger partial charge in [0.25, 0.3) is 5.91 Å². The minimum absolute atomic E-state index is 0.0860. The van der Waals surface area contributed by atoms with E-state index in [2.05, 4.69) is 10.1 Å². The molecule has 1 aliphatic heterocycles. The zero-order valence-electron chi connectivity index (χ0n) is 13.3. The maximum Gasteiger partial charge on any atom is 0.308 e. The van der Waals surface area contributed by atoms with Gasteiger partial charge in [0.1, 0.15) is 10.7 Å². The number of hydrogen-bond donors (Lipinski definition) is 1. The van der Waals surface area contributed by atoms with Gasteiger partial charge in [-0.05, 0) is 24.7 Å². The molecule has 0 spiro atoms. The minimum atomic E-state index is -0.795. The van der Waals surface area contributed by atoms with Crippen molar-refractivity contribution in [3.63, 3.8) is 0 Å². The highest BCUT2D eigenvalue weighted by Gasteiger charge is 2.47. The van der Waals surface area contributed by atoms with Gasteiger partial charge in [-0.25, -0.2) is 4.98 Å². The molecule has 0 aromatic carbocycles. The number of aliphatic carboxylic acids is 1. The molecule has 24 heavy (non-hydrogen) atoms. The number of aryl methyl sites for hydroxylation is 1. The summed E-state index contributed by atoms with van der Waals surface area (Å²) in [4.78, 5) is 30.3. The second-order valence-corrected chi connectivity index (χ2v) is 7.45. The summed E-state index contributed by atoms with van der Waals surface area (Å²) >= 11 is 1.40. The van der Waals surface area contributed by atoms with E-state index in [9.17, 15) is 14.7 Å². The third kappa shape index (κ3) is 2.71. The SMILES string of the molecule is Cn1cc(-c2nc(C(=O)N3C[C@H](C(=O)O)[C@@H](C4CC4)C3)cs2)cn1. The van der Waals surface area contributed by atoms with Gasteiger partial charge in [0, 0.05) is 37.3 Å². The molecule has 0 bridgehead atoms. The molecule has 2 fully saturated rings. The Labute approximate surface area is 142 Å². The van der Waals surface area contributed by atoms with Crippen molar-refractivity contribution in [2.45, 2.75) is 12.8 Å². The number of amides is 1. The molecule has 4 rings (SSSR count). The number of carbonyl (C=O) groups is 2. The second kappa shape index (κ2) is 5.70. The van der Waals surface area contributed by atoms with Crippen molar-refractivity contribution in [2.24, 2.45) is 24.8 Å². The Morgan fingerprint density at radius 1 is 1.33 bits per heavy atom. The average molecular weight is 346 g/mol. The Morgan fingerprint density at radius 3 is 2.75 bits per heavy atom. The lowest BCUT2D eigenvalue weighted by Crippen LogP contribution is -2.30. The molecule has 3 heterocycles. The predicted molar refractivity (Wildman–Crippen MR) is 87.6 cm³/mol. The molecule has 1 N–H and O–H groups in total. The maximum atomic E-state index is 12.7. The summed E-state index contributed by atoms with van der Waals surface area (Å²) in [6.45, 7) is 0.815. The highest BCUT2D eigenvalue weighted by molar-refractivity contribution is 7.13. The van der Waals surface area contributed by atoms with Crippen LogP contribution in [0.5, 0.6) is 0 Å². The first-order chi connectivity index (χ1) is 11.5. The van der Waals surface area contributed by atoms with Crippen molar-refractivity contribution < 1.29 is 14.7 Å². The topological polar surface area (TPSA) is 88.3 Å². The van der Waals surface area contributed by atoms with Crippen molar-refractivity contribution in [3.05, 3.63) is 23.5 Å². The molecule has 2 aromatic heterocycles. The van der Waals surface area contributed by atoms with Crippen molar-refractivity contribution in [2.75, 3.05) is 13.1 Å². The van der Waals surface area contributed by atoms with Crippen LogP contribution in [0, 0.1) is 17.8 Å². The van der Waals surface area contributed by atoms with Gasteiger partial charge >= 0.3 is 5.97 Å². The highest BCUT2D eigenvalue weighted by atomic mass is 32.1. The van der Waals surface area contributed by atoms with Gasteiger partial charge < -0.3 is 10.0 Å². The first kappa shape index (κ1) is 15.3. The van der Waals surface area contributed by atoms with Crippen molar-refractivity contribution >= 4 is 23.2 Å². The number of carboxylic acid groups (broad SMARTS) is 1. The Morgan fingerprint density at radius 2 is 2.12 bits per heavy atom. The molecule has 1 amide bonds. The van der Waals surface area contributed by atoms with E-state index in [0.717, 1.165) is 23.4 Å². The number of hydrogen-bond acceptors (Lipinski definition) is 5. The zero-order valence-corrected chi connectivity index (χ0v) is 14.1. The van der Waals surface area contributed by atoms with Gasteiger partial charge in [0.2, 0.25) is 0 Å². The molecule has 0 unspecified atom stereocenters. The molecule has 7 nitrogen and oxygen atoms in total. The normalized spacial score (nSPS) is 23.6. The van der Waals surface area contributed by atoms with Crippen LogP contribution in [0.2, 0.25) is 0 Å². The summed E-state index contributed by atoms with van der Waals surface area (Å²) < 4.78 is 1.69. The van der Waals surface area contributed by atoms with Crippen LogP contribution in [0.15, 0.2) is 17.8 Å². The molecule has 126 valence electrons. The quantitative estimate of drug-likeness (QED) is 0.911. The van der Waals surface area contributed by atoms with Crippen LogP contribution in [-0.2, 0) is 11.8 Å². The van der Waals surface area contributed by atoms with E-state index in [-0.39, 0.29) is 18.4 Å². The smallest absolute Gasteiger partial charge is 0.308 e. The molecule has 8 heteroatoms. The van der Waals surface area contributed by atoms with E-state index in [4.69, 9.17) is 0 Å². The van der Waals surface area contributed by atoms with Crippen LogP contribution >= 0.6 is 11.3 Å². The van der Waals surface area contributed by atoms with Gasteiger partial charge in [-0.15, -0.1) is 11.3 Å². The number of carboxylic acids is 1. The van der Waals surface area contributed by atoms with Gasteiger partial charge in [-0.1, -0.05) is 0 Å². The molecule has 2 aromatic rings. The molecular weight excluding hydrogens is 328 g/mol. The molecule has 1 aliphatic carbocycles. The number of aromatic nitrogens is 3. The molecule has 1 saturated heterocycles. The van der Waals surface area contributed by atoms with Gasteiger partial charge in [0.05, 0.1) is 12.1 Å². The summed E-state index contributed by atoms with van der Waals surface area (Å²) in [5.74, 6) is -0.863. The summed E-state index contributed by atoms with van der Waals surface area (Å²) in [5, 5.41) is 16.0. The molecular formula is C16H18N4O3S. The Hall–Kier alpha value is -2.22. The van der Waals surface area contributed by atoms with Crippen LogP contribution in [0.4, 0.5) is 0 Å². The first-order valence-corrected chi connectivity index (χ1v) is 8.87. The minimum Gasteiger partial charge on any atom is -0.481 e. The lowest BCUT2D eigenvalue weighted by Gasteiger charge is -2.14. The lowest BCUT2D eigenvalue weighted by molar-refractivity contribution is -0.142. The second-order valence-electron chi connectivity index (χ2n) is 6.60. The third-order valence-corrected chi connectivity index (χ3v) is 5.76. The number of rotatable bonds is 4. The third-order valence-electron chi connectivity index (χ3n) is 4.87. The van der Waals surface area contributed by atoms with Crippen LogP contribution in [0.3, 0.4) is 0 Å². The van der Waals surface area contributed by atoms with Crippen LogP contribution in [0.1, 0.15) is 23.3 Å². The fourth-order valence-corrected chi connectivity index (χ4v) is 4.23. The van der Waals surface area contributed by atoms with E-state index in [1.165, 1.54) is 11.3 Å². The number of likely N-dealkylation sites (tertiary alicyclic amines) is 1. The van der Waals surface area contributed by atoms with E-state index >= 15 is 0 Å². The monoisotopic (exact) mass is 346 g/mol.